The van der Waals surface area contributed by atoms with Crippen LogP contribution in [-0.4, -0.2) is 23.3 Å². The fourth-order valence-corrected chi connectivity index (χ4v) is 2.54. The van der Waals surface area contributed by atoms with Crippen LogP contribution in [0.2, 0.25) is 0 Å². The van der Waals surface area contributed by atoms with Crippen LogP contribution in [0.1, 0.15) is 40.2 Å². The molecule has 24 heavy (non-hydrogen) atoms. The molecule has 0 atom stereocenters. The third-order valence-corrected chi connectivity index (χ3v) is 4.85. The molecule has 0 spiro atoms. The Balaban J connectivity index is 1.86. The van der Waals surface area contributed by atoms with Crippen molar-refractivity contribution in [1.29, 1.82) is 0 Å². The minimum atomic E-state index is -0.492. The van der Waals surface area contributed by atoms with Gasteiger partial charge in [0.2, 0.25) is 5.88 Å². The molecule has 1 aromatic carbocycles. The van der Waals surface area contributed by atoms with Gasteiger partial charge in [-0.05, 0) is 57.9 Å². The summed E-state index contributed by atoms with van der Waals surface area (Å²) in [4.78, 5) is 4.37. The topological polar surface area (TPSA) is 40.6 Å². The lowest BCUT2D eigenvalue weighted by Gasteiger charge is -2.32. The minimum Gasteiger partial charge on any atom is -0.439 e. The summed E-state index contributed by atoms with van der Waals surface area (Å²) in [7, 11) is -0.492. The predicted octanol–water partition coefficient (Wildman–Crippen LogP) is 3.74. The van der Waals surface area contributed by atoms with Crippen LogP contribution in [0.25, 0.3) is 0 Å². The van der Waals surface area contributed by atoms with Gasteiger partial charge in [-0.2, -0.15) is 0 Å². The van der Waals surface area contributed by atoms with Crippen molar-refractivity contribution in [3.05, 3.63) is 48.2 Å². The molecule has 1 aliphatic heterocycles. The Morgan fingerprint density at radius 3 is 2.21 bits per heavy atom. The van der Waals surface area contributed by atoms with E-state index < -0.39 is 18.3 Å². The average Bonchev–Trinajstić information content (AvgIpc) is 2.76. The molecule has 0 radical (unpaired) electrons. The number of nitrogens with zero attached hydrogens (tertiary/aromatic N) is 1. The fraction of sp³-hybridized carbons (Fsp3) is 0.421. The van der Waals surface area contributed by atoms with Crippen LogP contribution in [0.15, 0.2) is 42.6 Å². The standard InChI is InChI=1S/C19H24BNO3/c1-6-14-9-11-15(12-10-14)22-17-16(8-7-13-21-17)20-23-18(2,3)19(4,5)24-20/h7-13H,6H2,1-5H3. The van der Waals surface area contributed by atoms with Gasteiger partial charge in [0.25, 0.3) is 0 Å². The monoisotopic (exact) mass is 325 g/mol. The van der Waals surface area contributed by atoms with Gasteiger partial charge in [0.05, 0.1) is 11.2 Å². The van der Waals surface area contributed by atoms with Crippen molar-refractivity contribution in [2.45, 2.75) is 52.2 Å². The zero-order valence-corrected chi connectivity index (χ0v) is 15.0. The summed E-state index contributed by atoms with van der Waals surface area (Å²) in [6, 6.07) is 11.8. The zero-order valence-electron chi connectivity index (χ0n) is 15.0. The van der Waals surface area contributed by atoms with E-state index in [1.165, 1.54) is 5.56 Å². The third-order valence-electron chi connectivity index (χ3n) is 4.85. The van der Waals surface area contributed by atoms with Crippen LogP contribution in [0.3, 0.4) is 0 Å². The summed E-state index contributed by atoms with van der Waals surface area (Å²) < 4.78 is 18.2. The Kier molecular flexibility index (Phi) is 4.41. The molecule has 0 N–H and O–H groups in total. The van der Waals surface area contributed by atoms with E-state index in [0.29, 0.717) is 5.88 Å². The van der Waals surface area contributed by atoms with Crippen molar-refractivity contribution in [3.63, 3.8) is 0 Å². The second kappa shape index (κ2) is 6.23. The van der Waals surface area contributed by atoms with E-state index in [0.717, 1.165) is 17.6 Å². The summed E-state index contributed by atoms with van der Waals surface area (Å²) in [6.07, 6.45) is 2.72. The molecule has 5 heteroatoms. The molecule has 126 valence electrons. The van der Waals surface area contributed by atoms with Crippen LogP contribution in [0.5, 0.6) is 11.6 Å². The molecule has 1 aliphatic rings. The molecule has 0 saturated carbocycles. The van der Waals surface area contributed by atoms with Gasteiger partial charge in [-0.25, -0.2) is 4.98 Å². The maximum atomic E-state index is 6.12. The van der Waals surface area contributed by atoms with Crippen molar-refractivity contribution in [2.24, 2.45) is 0 Å². The van der Waals surface area contributed by atoms with Crippen molar-refractivity contribution in [3.8, 4) is 11.6 Å². The number of aryl methyl sites for hydroxylation is 1. The predicted molar refractivity (Wildman–Crippen MR) is 95.8 cm³/mol. The molecule has 1 saturated heterocycles. The highest BCUT2D eigenvalue weighted by Crippen LogP contribution is 2.37. The van der Waals surface area contributed by atoms with Crippen LogP contribution in [0.4, 0.5) is 0 Å². The van der Waals surface area contributed by atoms with Gasteiger partial charge in [0.15, 0.2) is 0 Å². The van der Waals surface area contributed by atoms with E-state index >= 15 is 0 Å². The van der Waals surface area contributed by atoms with E-state index in [9.17, 15) is 0 Å². The second-order valence-electron chi connectivity index (χ2n) is 7.09. The van der Waals surface area contributed by atoms with Crippen LogP contribution in [0, 0.1) is 0 Å². The summed E-state index contributed by atoms with van der Waals surface area (Å²) in [5.41, 5.74) is 1.28. The van der Waals surface area contributed by atoms with Crippen LogP contribution >= 0.6 is 0 Å². The summed E-state index contributed by atoms with van der Waals surface area (Å²) in [5, 5.41) is 0. The van der Waals surface area contributed by atoms with Gasteiger partial charge >= 0.3 is 7.12 Å². The number of ether oxygens (including phenoxy) is 1. The lowest BCUT2D eigenvalue weighted by atomic mass is 9.80. The normalized spacial score (nSPS) is 18.6. The van der Waals surface area contributed by atoms with Gasteiger partial charge in [-0.15, -0.1) is 0 Å². The van der Waals surface area contributed by atoms with E-state index in [1.54, 1.807) is 6.20 Å². The van der Waals surface area contributed by atoms with Crippen molar-refractivity contribution >= 4 is 12.6 Å². The molecule has 1 fully saturated rings. The molecule has 4 nitrogen and oxygen atoms in total. The number of benzene rings is 1. The molecule has 0 amide bonds. The summed E-state index contributed by atoms with van der Waals surface area (Å²) in [5.74, 6) is 1.27. The quantitative estimate of drug-likeness (QED) is 0.803. The largest absolute Gasteiger partial charge is 0.500 e. The van der Waals surface area contributed by atoms with Gasteiger partial charge in [-0.1, -0.05) is 25.1 Å². The van der Waals surface area contributed by atoms with E-state index in [-0.39, 0.29) is 0 Å². The molecule has 0 aliphatic carbocycles. The Morgan fingerprint density at radius 2 is 1.62 bits per heavy atom. The van der Waals surface area contributed by atoms with Crippen LogP contribution < -0.4 is 10.2 Å². The number of hydrogen-bond donors (Lipinski definition) is 0. The smallest absolute Gasteiger partial charge is 0.439 e. The van der Waals surface area contributed by atoms with E-state index in [1.807, 2.05) is 52.0 Å². The number of aromatic nitrogens is 1. The van der Waals surface area contributed by atoms with Crippen LogP contribution in [-0.2, 0) is 15.7 Å². The number of rotatable bonds is 4. The Bertz CT molecular complexity index is 697. The molecule has 0 bridgehead atoms. The lowest BCUT2D eigenvalue weighted by molar-refractivity contribution is 0.00578. The molecule has 2 heterocycles. The minimum absolute atomic E-state index is 0.395. The summed E-state index contributed by atoms with van der Waals surface area (Å²) >= 11 is 0. The highest BCUT2D eigenvalue weighted by molar-refractivity contribution is 6.63. The third kappa shape index (κ3) is 3.19. The first-order chi connectivity index (χ1) is 11.3. The van der Waals surface area contributed by atoms with Gasteiger partial charge < -0.3 is 14.0 Å². The Morgan fingerprint density at radius 1 is 1.00 bits per heavy atom. The molecule has 0 unspecified atom stereocenters. The first-order valence-corrected chi connectivity index (χ1v) is 8.40. The van der Waals surface area contributed by atoms with Gasteiger partial charge in [0, 0.05) is 11.7 Å². The fourth-order valence-electron chi connectivity index (χ4n) is 2.54. The molecule has 1 aromatic heterocycles. The number of pyridine rings is 1. The average molecular weight is 325 g/mol. The second-order valence-corrected chi connectivity index (χ2v) is 7.09. The molecule has 2 aromatic rings. The molecule has 3 rings (SSSR count). The Hall–Kier alpha value is -1.85. The maximum Gasteiger partial charge on any atom is 0.500 e. The highest BCUT2D eigenvalue weighted by Gasteiger charge is 2.52. The number of hydrogen-bond acceptors (Lipinski definition) is 4. The van der Waals surface area contributed by atoms with E-state index in [2.05, 4.69) is 24.0 Å². The van der Waals surface area contributed by atoms with Crippen molar-refractivity contribution < 1.29 is 14.0 Å². The summed E-state index contributed by atoms with van der Waals surface area (Å²) in [6.45, 7) is 10.3. The van der Waals surface area contributed by atoms with Gasteiger partial charge in [0.1, 0.15) is 5.75 Å². The SMILES string of the molecule is CCc1ccc(Oc2ncccc2B2OC(C)(C)C(C)(C)O2)cc1. The maximum absolute atomic E-state index is 6.12. The molecular formula is C19H24BNO3. The zero-order chi connectivity index (χ0) is 17.4. The lowest BCUT2D eigenvalue weighted by Crippen LogP contribution is -2.41. The van der Waals surface area contributed by atoms with Crippen molar-refractivity contribution in [1.82, 2.24) is 4.98 Å². The van der Waals surface area contributed by atoms with E-state index in [4.69, 9.17) is 14.0 Å². The first-order valence-electron chi connectivity index (χ1n) is 8.40. The first kappa shape index (κ1) is 17.0. The van der Waals surface area contributed by atoms with Gasteiger partial charge in [-0.3, -0.25) is 0 Å². The van der Waals surface area contributed by atoms with Crippen molar-refractivity contribution in [2.75, 3.05) is 0 Å². The highest BCUT2D eigenvalue weighted by atomic mass is 16.7. The Labute approximate surface area is 144 Å². The molecular weight excluding hydrogens is 301 g/mol.